The minimum Gasteiger partial charge on any atom is -0.315 e. The zero-order valence-electron chi connectivity index (χ0n) is 17.5. The second-order valence-electron chi connectivity index (χ2n) is 7.38. The molecule has 1 aromatic heterocycles. The number of para-hydroxylation sites is 1. The Hall–Kier alpha value is -3.85. The van der Waals surface area contributed by atoms with Gasteiger partial charge in [0.15, 0.2) is 0 Å². The van der Waals surface area contributed by atoms with Crippen molar-refractivity contribution < 1.29 is 4.79 Å². The Balaban J connectivity index is 1.91. The van der Waals surface area contributed by atoms with Gasteiger partial charge in [-0.1, -0.05) is 56.3 Å². The maximum Gasteiger partial charge on any atom is 0.295 e. The number of amides is 1. The Bertz CT molecular complexity index is 1190. The molecule has 1 amide bonds. The molecule has 0 unspecified atom stereocenters. The van der Waals surface area contributed by atoms with E-state index in [9.17, 15) is 14.9 Å². The third-order valence-electron chi connectivity index (χ3n) is 5.07. The Morgan fingerprint density at radius 1 is 1.10 bits per heavy atom. The minimum absolute atomic E-state index is 0.0683. The van der Waals surface area contributed by atoms with Crippen molar-refractivity contribution in [2.45, 2.75) is 26.7 Å². The molecule has 0 spiro atoms. The van der Waals surface area contributed by atoms with Crippen LogP contribution in [0.1, 0.15) is 36.6 Å². The molecule has 0 fully saturated rings. The first kappa shape index (κ1) is 20.9. The molecule has 6 heteroatoms. The van der Waals surface area contributed by atoms with Crippen LogP contribution in [0, 0.1) is 18.3 Å². The smallest absolute Gasteiger partial charge is 0.295 e. The van der Waals surface area contributed by atoms with E-state index in [1.54, 1.807) is 18.7 Å². The number of nitrogens with one attached hydrogen (secondary N) is 1. The number of carbonyl (C=O) groups is 1. The molecule has 0 bridgehead atoms. The maximum absolute atomic E-state index is 12.9. The van der Waals surface area contributed by atoms with Crippen LogP contribution in [0.2, 0.25) is 0 Å². The highest BCUT2D eigenvalue weighted by Gasteiger charge is 2.19. The van der Waals surface area contributed by atoms with Crippen molar-refractivity contribution >= 4 is 17.7 Å². The van der Waals surface area contributed by atoms with E-state index in [1.165, 1.54) is 16.3 Å². The molecule has 0 saturated heterocycles. The molecule has 3 aromatic rings. The Morgan fingerprint density at radius 2 is 1.73 bits per heavy atom. The van der Waals surface area contributed by atoms with Crippen LogP contribution in [0.25, 0.3) is 11.8 Å². The normalized spacial score (nSPS) is 11.4. The van der Waals surface area contributed by atoms with Crippen molar-refractivity contribution in [3.8, 4) is 11.8 Å². The molecule has 0 radical (unpaired) electrons. The van der Waals surface area contributed by atoms with Gasteiger partial charge in [-0.2, -0.15) is 5.26 Å². The molecular weight excluding hydrogens is 376 g/mol. The van der Waals surface area contributed by atoms with E-state index in [4.69, 9.17) is 0 Å². The minimum atomic E-state index is -0.614. The lowest BCUT2D eigenvalue weighted by Gasteiger charge is -2.07. The molecule has 0 aliphatic carbocycles. The van der Waals surface area contributed by atoms with Crippen molar-refractivity contribution in [3.63, 3.8) is 0 Å². The summed E-state index contributed by atoms with van der Waals surface area (Å²) in [5, 5.41) is 12.1. The van der Waals surface area contributed by atoms with Gasteiger partial charge < -0.3 is 5.32 Å². The summed E-state index contributed by atoms with van der Waals surface area (Å²) in [6.45, 7) is 5.95. The molecule has 0 aliphatic rings. The second-order valence-corrected chi connectivity index (χ2v) is 7.38. The number of aromatic nitrogens is 2. The van der Waals surface area contributed by atoms with E-state index in [0.29, 0.717) is 17.3 Å². The summed E-state index contributed by atoms with van der Waals surface area (Å²) in [5.41, 5.74) is 2.94. The Morgan fingerprint density at radius 3 is 2.30 bits per heavy atom. The van der Waals surface area contributed by atoms with Crippen LogP contribution in [-0.4, -0.2) is 15.3 Å². The molecule has 30 heavy (non-hydrogen) atoms. The summed E-state index contributed by atoms with van der Waals surface area (Å²) in [5.74, 6) is -0.217. The molecule has 0 aliphatic heterocycles. The number of rotatable bonds is 5. The van der Waals surface area contributed by atoms with Gasteiger partial charge >= 0.3 is 0 Å². The lowest BCUT2D eigenvalue weighted by Crippen LogP contribution is -2.23. The van der Waals surface area contributed by atoms with Crippen molar-refractivity contribution in [1.82, 2.24) is 9.36 Å². The average molecular weight is 400 g/mol. The molecule has 0 saturated carbocycles. The SMILES string of the molecule is Cc1c(NC(=O)/C(C#N)=C/c2ccc(C(C)C)cc2)c(=O)n(-c2ccccc2)n1C. The molecule has 2 aromatic carbocycles. The molecule has 0 atom stereocenters. The number of nitriles is 1. The fraction of sp³-hybridized carbons (Fsp3) is 0.208. The zero-order valence-corrected chi connectivity index (χ0v) is 17.5. The predicted molar refractivity (Wildman–Crippen MR) is 118 cm³/mol. The van der Waals surface area contributed by atoms with Gasteiger partial charge in [0.2, 0.25) is 0 Å². The highest BCUT2D eigenvalue weighted by atomic mass is 16.2. The molecule has 3 rings (SSSR count). The number of nitrogens with zero attached hydrogens (tertiary/aromatic N) is 3. The highest BCUT2D eigenvalue weighted by Crippen LogP contribution is 2.18. The monoisotopic (exact) mass is 400 g/mol. The number of anilines is 1. The number of carbonyl (C=O) groups excluding carboxylic acids is 1. The Labute approximate surface area is 175 Å². The molecule has 152 valence electrons. The molecular formula is C24H24N4O2. The standard InChI is InChI=1S/C24H24N4O2/c1-16(2)19-12-10-18(11-13-19)14-20(15-25)23(29)26-22-17(3)27(4)28(24(22)30)21-8-6-5-7-9-21/h5-14,16H,1-4H3,(H,26,29)/b20-14+. The summed E-state index contributed by atoms with van der Waals surface area (Å²) in [6.07, 6.45) is 1.52. The van der Waals surface area contributed by atoms with Crippen LogP contribution >= 0.6 is 0 Å². The van der Waals surface area contributed by atoms with E-state index in [2.05, 4.69) is 19.2 Å². The molecule has 6 nitrogen and oxygen atoms in total. The second kappa shape index (κ2) is 8.66. The third-order valence-corrected chi connectivity index (χ3v) is 5.07. The Kier molecular flexibility index (Phi) is 6.03. The van der Waals surface area contributed by atoms with Gasteiger partial charge in [0.1, 0.15) is 17.3 Å². The van der Waals surface area contributed by atoms with E-state index in [1.807, 2.05) is 60.7 Å². The summed E-state index contributed by atoms with van der Waals surface area (Å²) in [7, 11) is 1.75. The number of benzene rings is 2. The predicted octanol–water partition coefficient (Wildman–Crippen LogP) is 4.15. The van der Waals surface area contributed by atoms with Crippen molar-refractivity contribution in [1.29, 1.82) is 5.26 Å². The van der Waals surface area contributed by atoms with Gasteiger partial charge in [-0.25, -0.2) is 4.68 Å². The van der Waals surface area contributed by atoms with Crippen LogP contribution in [-0.2, 0) is 11.8 Å². The van der Waals surface area contributed by atoms with Crippen molar-refractivity contribution in [2.24, 2.45) is 7.05 Å². The summed E-state index contributed by atoms with van der Waals surface area (Å²) >= 11 is 0. The van der Waals surface area contributed by atoms with Gasteiger partial charge in [-0.3, -0.25) is 14.3 Å². The van der Waals surface area contributed by atoms with Crippen LogP contribution < -0.4 is 10.9 Å². The largest absolute Gasteiger partial charge is 0.315 e. The van der Waals surface area contributed by atoms with Crippen LogP contribution in [0.5, 0.6) is 0 Å². The quantitative estimate of drug-likeness (QED) is 0.516. The number of hydrogen-bond acceptors (Lipinski definition) is 3. The van der Waals surface area contributed by atoms with Crippen LogP contribution in [0.4, 0.5) is 5.69 Å². The van der Waals surface area contributed by atoms with E-state index in [0.717, 1.165) is 5.56 Å². The lowest BCUT2D eigenvalue weighted by molar-refractivity contribution is -0.112. The van der Waals surface area contributed by atoms with E-state index < -0.39 is 5.91 Å². The molecule has 1 heterocycles. The lowest BCUT2D eigenvalue weighted by atomic mass is 10.0. The fourth-order valence-corrected chi connectivity index (χ4v) is 3.19. The maximum atomic E-state index is 12.9. The van der Waals surface area contributed by atoms with Gasteiger partial charge in [-0.15, -0.1) is 0 Å². The van der Waals surface area contributed by atoms with Crippen molar-refractivity contribution in [2.75, 3.05) is 5.32 Å². The topological polar surface area (TPSA) is 79.8 Å². The average Bonchev–Trinajstić information content (AvgIpc) is 2.96. The van der Waals surface area contributed by atoms with Crippen LogP contribution in [0.3, 0.4) is 0 Å². The zero-order chi connectivity index (χ0) is 21.8. The number of hydrogen-bond donors (Lipinski definition) is 1. The summed E-state index contributed by atoms with van der Waals surface area (Å²) in [6, 6.07) is 18.8. The summed E-state index contributed by atoms with van der Waals surface area (Å²) in [4.78, 5) is 25.7. The van der Waals surface area contributed by atoms with Crippen LogP contribution in [0.15, 0.2) is 65.0 Å². The van der Waals surface area contributed by atoms with Crippen molar-refractivity contribution in [3.05, 3.63) is 87.3 Å². The van der Waals surface area contributed by atoms with Gasteiger partial charge in [0.05, 0.1) is 11.4 Å². The summed E-state index contributed by atoms with van der Waals surface area (Å²) < 4.78 is 3.15. The van der Waals surface area contributed by atoms with Gasteiger partial charge in [-0.05, 0) is 42.2 Å². The third kappa shape index (κ3) is 4.11. The fourth-order valence-electron chi connectivity index (χ4n) is 3.19. The van der Waals surface area contributed by atoms with E-state index in [-0.39, 0.29) is 16.8 Å². The first-order valence-corrected chi connectivity index (χ1v) is 9.70. The first-order chi connectivity index (χ1) is 14.3. The molecule has 1 N–H and O–H groups in total. The first-order valence-electron chi connectivity index (χ1n) is 9.70. The highest BCUT2D eigenvalue weighted by molar-refractivity contribution is 6.09. The van der Waals surface area contributed by atoms with Gasteiger partial charge in [0.25, 0.3) is 11.5 Å². The van der Waals surface area contributed by atoms with Gasteiger partial charge in [0, 0.05) is 7.05 Å². The van der Waals surface area contributed by atoms with E-state index >= 15 is 0 Å².